The number of carbonyl (C=O) groups excluding carboxylic acids is 1. The zero-order valence-electron chi connectivity index (χ0n) is 15.5. The van der Waals surface area contributed by atoms with Crippen molar-refractivity contribution in [1.82, 2.24) is 15.1 Å². The molecule has 1 fully saturated rings. The van der Waals surface area contributed by atoms with Crippen molar-refractivity contribution in [1.29, 1.82) is 0 Å². The number of amides is 2. The molecule has 1 aliphatic rings. The van der Waals surface area contributed by atoms with Gasteiger partial charge in [0.1, 0.15) is 11.9 Å². The second-order valence-electron chi connectivity index (χ2n) is 7.00. The maximum absolute atomic E-state index is 12.4. The van der Waals surface area contributed by atoms with Gasteiger partial charge in [-0.25, -0.2) is 4.79 Å². The maximum atomic E-state index is 12.4. The lowest BCUT2D eigenvalue weighted by Crippen LogP contribution is -2.39. The predicted molar refractivity (Wildman–Crippen MR) is 103 cm³/mol. The zero-order valence-corrected chi connectivity index (χ0v) is 15.5. The third-order valence-electron chi connectivity index (χ3n) is 4.44. The van der Waals surface area contributed by atoms with Crippen molar-refractivity contribution in [2.45, 2.75) is 25.6 Å². The Morgan fingerprint density at radius 1 is 1.12 bits per heavy atom. The van der Waals surface area contributed by atoms with Gasteiger partial charge >= 0.3 is 6.03 Å². The Kier molecular flexibility index (Phi) is 6.12. The molecule has 26 heavy (non-hydrogen) atoms. The first-order chi connectivity index (χ1) is 12.6. The molecular weight excluding hydrogens is 326 g/mol. The Bertz CT molecular complexity index is 701. The van der Waals surface area contributed by atoms with E-state index in [1.54, 1.807) is 0 Å². The number of benzene rings is 2. The van der Waals surface area contributed by atoms with Crippen LogP contribution < -0.4 is 10.1 Å². The number of urea groups is 1. The summed E-state index contributed by atoms with van der Waals surface area (Å²) in [6, 6.07) is 18.1. The summed E-state index contributed by atoms with van der Waals surface area (Å²) in [6.45, 7) is 2.82. The largest absolute Gasteiger partial charge is 0.489 e. The van der Waals surface area contributed by atoms with Gasteiger partial charge in [-0.2, -0.15) is 0 Å². The van der Waals surface area contributed by atoms with Gasteiger partial charge in [0.15, 0.2) is 0 Å². The second-order valence-corrected chi connectivity index (χ2v) is 7.00. The molecule has 2 aromatic rings. The first-order valence-corrected chi connectivity index (χ1v) is 9.07. The molecule has 0 aliphatic carbocycles. The quantitative estimate of drug-likeness (QED) is 0.868. The van der Waals surface area contributed by atoms with Gasteiger partial charge in [0.2, 0.25) is 0 Å². The lowest BCUT2D eigenvalue weighted by Gasteiger charge is -2.18. The summed E-state index contributed by atoms with van der Waals surface area (Å²) in [5.74, 6) is 0.859. The van der Waals surface area contributed by atoms with Crippen molar-refractivity contribution in [3.8, 4) is 5.75 Å². The van der Waals surface area contributed by atoms with Gasteiger partial charge < -0.3 is 19.9 Å². The Hall–Kier alpha value is -2.53. The molecule has 0 aromatic heterocycles. The number of hydrogen-bond donors (Lipinski definition) is 1. The van der Waals surface area contributed by atoms with E-state index in [4.69, 9.17) is 4.74 Å². The molecule has 1 atom stereocenters. The summed E-state index contributed by atoms with van der Waals surface area (Å²) < 4.78 is 5.94. The molecule has 0 unspecified atom stereocenters. The summed E-state index contributed by atoms with van der Waals surface area (Å²) in [7, 11) is 4.11. The smallest absolute Gasteiger partial charge is 0.317 e. The summed E-state index contributed by atoms with van der Waals surface area (Å²) in [4.78, 5) is 16.3. The van der Waals surface area contributed by atoms with Gasteiger partial charge in [0, 0.05) is 26.1 Å². The first-order valence-electron chi connectivity index (χ1n) is 9.07. The summed E-state index contributed by atoms with van der Waals surface area (Å²) in [5.41, 5.74) is 2.38. The molecule has 1 heterocycles. The molecule has 2 amide bonds. The summed E-state index contributed by atoms with van der Waals surface area (Å²) in [5, 5.41) is 3.01. The van der Waals surface area contributed by atoms with Crippen molar-refractivity contribution in [2.24, 2.45) is 0 Å². The van der Waals surface area contributed by atoms with Gasteiger partial charge in [-0.15, -0.1) is 0 Å². The van der Waals surface area contributed by atoms with E-state index in [9.17, 15) is 4.79 Å². The van der Waals surface area contributed by atoms with Gasteiger partial charge in [-0.3, -0.25) is 0 Å². The molecule has 5 heteroatoms. The molecule has 3 rings (SSSR count). The van der Waals surface area contributed by atoms with E-state index in [0.717, 1.165) is 30.8 Å². The van der Waals surface area contributed by atoms with Crippen LogP contribution in [-0.4, -0.2) is 49.1 Å². The summed E-state index contributed by atoms with van der Waals surface area (Å²) >= 11 is 0. The minimum Gasteiger partial charge on any atom is -0.489 e. The van der Waals surface area contributed by atoms with Gasteiger partial charge in [-0.1, -0.05) is 42.5 Å². The lowest BCUT2D eigenvalue weighted by molar-refractivity contribution is 0.186. The highest BCUT2D eigenvalue weighted by molar-refractivity contribution is 5.74. The fourth-order valence-corrected chi connectivity index (χ4v) is 3.12. The molecule has 1 aliphatic heterocycles. The van der Waals surface area contributed by atoms with Gasteiger partial charge in [-0.05, 0) is 37.4 Å². The van der Waals surface area contributed by atoms with Gasteiger partial charge in [0.25, 0.3) is 0 Å². The molecule has 5 nitrogen and oxygen atoms in total. The van der Waals surface area contributed by atoms with Crippen LogP contribution in [0.25, 0.3) is 0 Å². The van der Waals surface area contributed by atoms with Crippen molar-refractivity contribution >= 4 is 6.03 Å². The Morgan fingerprint density at radius 3 is 2.50 bits per heavy atom. The van der Waals surface area contributed by atoms with Crippen molar-refractivity contribution < 1.29 is 9.53 Å². The van der Waals surface area contributed by atoms with Crippen LogP contribution in [0.15, 0.2) is 54.6 Å². The number of nitrogens with zero attached hydrogens (tertiary/aromatic N) is 2. The highest BCUT2D eigenvalue weighted by Crippen LogP contribution is 2.18. The topological polar surface area (TPSA) is 44.8 Å². The number of carbonyl (C=O) groups is 1. The molecule has 138 valence electrons. The van der Waals surface area contributed by atoms with Crippen LogP contribution in [0.1, 0.15) is 17.5 Å². The third-order valence-corrected chi connectivity index (χ3v) is 4.44. The van der Waals surface area contributed by atoms with E-state index in [2.05, 4.69) is 48.6 Å². The molecule has 0 spiro atoms. The molecule has 1 N–H and O–H groups in total. The normalized spacial score (nSPS) is 16.7. The first kappa shape index (κ1) is 18.3. The van der Waals surface area contributed by atoms with Crippen LogP contribution in [0.4, 0.5) is 4.79 Å². The number of para-hydroxylation sites is 1. The molecule has 0 bridgehead atoms. The van der Waals surface area contributed by atoms with E-state index in [0.29, 0.717) is 13.1 Å². The molecule has 0 radical (unpaired) electrons. The highest BCUT2D eigenvalue weighted by Gasteiger charge is 2.27. The monoisotopic (exact) mass is 353 g/mol. The van der Waals surface area contributed by atoms with Crippen LogP contribution >= 0.6 is 0 Å². The molecule has 1 saturated heterocycles. The fraction of sp³-hybridized carbons (Fsp3) is 0.381. The lowest BCUT2D eigenvalue weighted by atomic mass is 10.1. The number of ether oxygens (including phenoxy) is 1. The van der Waals surface area contributed by atoms with Crippen LogP contribution in [0.2, 0.25) is 0 Å². The van der Waals surface area contributed by atoms with Crippen LogP contribution in [-0.2, 0) is 13.1 Å². The van der Waals surface area contributed by atoms with E-state index in [1.165, 1.54) is 5.56 Å². The van der Waals surface area contributed by atoms with E-state index < -0.39 is 0 Å². The fourth-order valence-electron chi connectivity index (χ4n) is 3.12. The van der Waals surface area contributed by atoms with Crippen molar-refractivity contribution in [3.05, 3.63) is 65.7 Å². The summed E-state index contributed by atoms with van der Waals surface area (Å²) in [6.07, 6.45) is 0.926. The molecule has 0 saturated carbocycles. The highest BCUT2D eigenvalue weighted by atomic mass is 16.5. The van der Waals surface area contributed by atoms with E-state index >= 15 is 0 Å². The average molecular weight is 353 g/mol. The van der Waals surface area contributed by atoms with E-state index in [1.807, 2.05) is 35.2 Å². The number of hydrogen-bond acceptors (Lipinski definition) is 3. The Morgan fingerprint density at radius 2 is 1.81 bits per heavy atom. The Labute approximate surface area is 155 Å². The zero-order chi connectivity index (χ0) is 18.4. The Balaban J connectivity index is 1.44. The SMILES string of the molecule is CN(C)Cc1ccc(CNC(=O)N2CC[C@@H](Oc3ccccc3)C2)cc1. The minimum atomic E-state index is -0.0264. The van der Waals surface area contributed by atoms with Crippen molar-refractivity contribution in [2.75, 3.05) is 27.2 Å². The van der Waals surface area contributed by atoms with Gasteiger partial charge in [0.05, 0.1) is 6.54 Å². The number of likely N-dealkylation sites (tertiary alicyclic amines) is 1. The molecule has 2 aromatic carbocycles. The van der Waals surface area contributed by atoms with Crippen LogP contribution in [0, 0.1) is 0 Å². The third kappa shape index (κ3) is 5.23. The van der Waals surface area contributed by atoms with Crippen LogP contribution in [0.5, 0.6) is 5.75 Å². The minimum absolute atomic E-state index is 0.0264. The van der Waals surface area contributed by atoms with E-state index in [-0.39, 0.29) is 12.1 Å². The number of nitrogens with one attached hydrogen (secondary N) is 1. The molecular formula is C21H27N3O2. The van der Waals surface area contributed by atoms with Crippen LogP contribution in [0.3, 0.4) is 0 Å². The number of rotatable bonds is 6. The average Bonchev–Trinajstić information content (AvgIpc) is 3.10. The standard InChI is InChI=1S/C21H27N3O2/c1-23(2)15-18-10-8-17(9-11-18)14-22-21(25)24-13-12-20(16-24)26-19-6-4-3-5-7-19/h3-11,20H,12-16H2,1-2H3,(H,22,25)/t20-/m1/s1. The van der Waals surface area contributed by atoms with Crippen molar-refractivity contribution in [3.63, 3.8) is 0 Å². The second kappa shape index (κ2) is 8.72. The predicted octanol–water partition coefficient (Wildman–Crippen LogP) is 3.11. The maximum Gasteiger partial charge on any atom is 0.317 e.